The van der Waals surface area contributed by atoms with Crippen LogP contribution in [0.3, 0.4) is 0 Å². The lowest BCUT2D eigenvalue weighted by Gasteiger charge is -2.34. The van der Waals surface area contributed by atoms with Crippen molar-refractivity contribution < 1.29 is 14.7 Å². The van der Waals surface area contributed by atoms with Gasteiger partial charge in [0.1, 0.15) is 0 Å². The van der Waals surface area contributed by atoms with E-state index in [0.29, 0.717) is 13.1 Å². The van der Waals surface area contributed by atoms with E-state index in [2.05, 4.69) is 41.2 Å². The van der Waals surface area contributed by atoms with Crippen LogP contribution in [0.2, 0.25) is 0 Å². The number of carbonyl (C=O) groups is 2. The molecule has 1 aromatic carbocycles. The number of carboxylic acid groups (broad SMARTS) is 1. The minimum atomic E-state index is -1.18. The van der Waals surface area contributed by atoms with Gasteiger partial charge >= 0.3 is 5.97 Å². The van der Waals surface area contributed by atoms with E-state index < -0.39 is 5.97 Å². The summed E-state index contributed by atoms with van der Waals surface area (Å²) >= 11 is 0. The van der Waals surface area contributed by atoms with E-state index in [1.807, 2.05) is 0 Å². The van der Waals surface area contributed by atoms with Crippen LogP contribution in [0.15, 0.2) is 30.5 Å². The van der Waals surface area contributed by atoms with Crippen molar-refractivity contribution in [2.45, 2.75) is 13.5 Å². The molecule has 0 saturated carbocycles. The summed E-state index contributed by atoms with van der Waals surface area (Å²) in [7, 11) is 1.61. The number of carboxylic acids is 1. The second-order valence-electron chi connectivity index (χ2n) is 6.43. The molecule has 1 amide bonds. The number of carbonyl (C=O) groups excluding carboxylic acids is 1. The van der Waals surface area contributed by atoms with Gasteiger partial charge in [-0.25, -0.2) is 4.79 Å². The number of piperazine rings is 1. The first-order valence-corrected chi connectivity index (χ1v) is 8.28. The van der Waals surface area contributed by atoms with Crippen LogP contribution >= 0.6 is 0 Å². The number of nitrogens with zero attached hydrogens (tertiary/aromatic N) is 4. The number of aromatic carboxylic acids is 1. The summed E-state index contributed by atoms with van der Waals surface area (Å²) in [5.74, 6) is -1.44. The number of amides is 1. The van der Waals surface area contributed by atoms with Crippen LogP contribution in [-0.2, 0) is 13.6 Å². The van der Waals surface area contributed by atoms with Crippen LogP contribution in [0.5, 0.6) is 0 Å². The zero-order valence-electron chi connectivity index (χ0n) is 14.5. The molecule has 0 radical (unpaired) electrons. The summed E-state index contributed by atoms with van der Waals surface area (Å²) in [5, 5.41) is 13.1. The molecule has 2 heterocycles. The second-order valence-corrected chi connectivity index (χ2v) is 6.43. The van der Waals surface area contributed by atoms with Gasteiger partial charge in [0.05, 0.1) is 5.56 Å². The van der Waals surface area contributed by atoms with E-state index in [1.54, 1.807) is 11.9 Å². The van der Waals surface area contributed by atoms with Crippen LogP contribution in [0.1, 0.15) is 32.0 Å². The Kier molecular flexibility index (Phi) is 4.85. The third-order valence-corrected chi connectivity index (χ3v) is 4.41. The minimum Gasteiger partial charge on any atom is -0.476 e. The zero-order chi connectivity index (χ0) is 18.0. The van der Waals surface area contributed by atoms with Crippen molar-refractivity contribution in [1.29, 1.82) is 0 Å². The molecule has 1 aromatic heterocycles. The lowest BCUT2D eigenvalue weighted by molar-refractivity contribution is 0.0608. The van der Waals surface area contributed by atoms with Crippen molar-refractivity contribution in [1.82, 2.24) is 19.6 Å². The lowest BCUT2D eigenvalue weighted by Crippen LogP contribution is -2.48. The molecule has 1 aliphatic rings. The minimum absolute atomic E-state index is 0.155. The fourth-order valence-electron chi connectivity index (χ4n) is 3.15. The predicted octanol–water partition coefficient (Wildman–Crippen LogP) is 1.38. The number of aromatic nitrogens is 2. The van der Waals surface area contributed by atoms with Crippen LogP contribution in [0.4, 0.5) is 0 Å². The zero-order valence-corrected chi connectivity index (χ0v) is 14.5. The molecule has 1 aliphatic heterocycles. The van der Waals surface area contributed by atoms with Gasteiger partial charge in [0.2, 0.25) is 0 Å². The van der Waals surface area contributed by atoms with Crippen molar-refractivity contribution >= 4 is 11.9 Å². The molecule has 0 aliphatic carbocycles. The largest absolute Gasteiger partial charge is 0.476 e. The first kappa shape index (κ1) is 17.2. The van der Waals surface area contributed by atoms with Crippen molar-refractivity contribution in [2.75, 3.05) is 26.2 Å². The average molecular weight is 342 g/mol. The van der Waals surface area contributed by atoms with E-state index >= 15 is 0 Å². The van der Waals surface area contributed by atoms with Gasteiger partial charge in [-0.1, -0.05) is 29.8 Å². The van der Waals surface area contributed by atoms with Crippen LogP contribution < -0.4 is 0 Å². The molecule has 0 spiro atoms. The highest BCUT2D eigenvalue weighted by molar-refractivity contribution is 6.03. The Bertz CT molecular complexity index is 791. The van der Waals surface area contributed by atoms with Crippen LogP contribution in [0.25, 0.3) is 0 Å². The van der Waals surface area contributed by atoms with Gasteiger partial charge < -0.3 is 10.0 Å². The SMILES string of the molecule is Cc1cccc(CN2CCN(C(=O)c3cn(C)nc3C(=O)O)CC2)c1. The smallest absolute Gasteiger partial charge is 0.357 e. The molecule has 7 heteroatoms. The summed E-state index contributed by atoms with van der Waals surface area (Å²) in [5.41, 5.74) is 2.47. The van der Waals surface area contributed by atoms with Gasteiger partial charge in [-0.05, 0) is 12.5 Å². The monoisotopic (exact) mass is 342 g/mol. The summed E-state index contributed by atoms with van der Waals surface area (Å²) in [6, 6.07) is 8.42. The molecule has 0 bridgehead atoms. The predicted molar refractivity (Wildman–Crippen MR) is 92.5 cm³/mol. The van der Waals surface area contributed by atoms with Crippen LogP contribution in [0, 0.1) is 6.92 Å². The van der Waals surface area contributed by atoms with E-state index in [9.17, 15) is 14.7 Å². The fourth-order valence-corrected chi connectivity index (χ4v) is 3.15. The maximum Gasteiger partial charge on any atom is 0.357 e. The van der Waals surface area contributed by atoms with Gasteiger partial charge in [0, 0.05) is 46.0 Å². The Morgan fingerprint density at radius 2 is 1.92 bits per heavy atom. The standard InChI is InChI=1S/C18H22N4O3/c1-13-4-3-5-14(10-13)11-21-6-8-22(9-7-21)17(23)15-12-20(2)19-16(15)18(24)25/h3-5,10,12H,6-9,11H2,1-2H3,(H,24,25). The molecular weight excluding hydrogens is 320 g/mol. The number of hydrogen-bond donors (Lipinski definition) is 1. The molecular formula is C18H22N4O3. The first-order chi connectivity index (χ1) is 11.9. The third-order valence-electron chi connectivity index (χ3n) is 4.41. The van der Waals surface area contributed by atoms with E-state index in [1.165, 1.54) is 22.0 Å². The average Bonchev–Trinajstić information content (AvgIpc) is 2.97. The number of rotatable bonds is 4. The highest BCUT2D eigenvalue weighted by atomic mass is 16.4. The summed E-state index contributed by atoms with van der Waals surface area (Å²) in [4.78, 5) is 27.9. The quantitative estimate of drug-likeness (QED) is 0.908. The molecule has 25 heavy (non-hydrogen) atoms. The topological polar surface area (TPSA) is 78.7 Å². The Hall–Kier alpha value is -2.67. The van der Waals surface area contributed by atoms with E-state index in [-0.39, 0.29) is 17.2 Å². The maximum atomic E-state index is 12.6. The molecule has 3 rings (SSSR count). The molecule has 0 atom stereocenters. The fraction of sp³-hybridized carbons (Fsp3) is 0.389. The van der Waals surface area contributed by atoms with E-state index in [0.717, 1.165) is 19.6 Å². The van der Waals surface area contributed by atoms with Crippen molar-refractivity contribution in [2.24, 2.45) is 7.05 Å². The number of aryl methyl sites for hydroxylation is 2. The van der Waals surface area contributed by atoms with Gasteiger partial charge in [-0.3, -0.25) is 14.4 Å². The highest BCUT2D eigenvalue weighted by Gasteiger charge is 2.27. The molecule has 2 aromatic rings. The highest BCUT2D eigenvalue weighted by Crippen LogP contribution is 2.14. The summed E-state index contributed by atoms with van der Waals surface area (Å²) in [6.07, 6.45) is 1.48. The molecule has 7 nitrogen and oxygen atoms in total. The van der Waals surface area contributed by atoms with Crippen molar-refractivity contribution in [3.05, 3.63) is 52.8 Å². The normalized spacial score (nSPS) is 15.4. The first-order valence-electron chi connectivity index (χ1n) is 8.28. The Morgan fingerprint density at radius 1 is 1.20 bits per heavy atom. The maximum absolute atomic E-state index is 12.6. The van der Waals surface area contributed by atoms with Gasteiger partial charge in [-0.2, -0.15) is 5.10 Å². The second kappa shape index (κ2) is 7.06. The van der Waals surface area contributed by atoms with Gasteiger partial charge in [0.15, 0.2) is 5.69 Å². The summed E-state index contributed by atoms with van der Waals surface area (Å²) < 4.78 is 1.37. The molecule has 1 fully saturated rings. The van der Waals surface area contributed by atoms with Crippen molar-refractivity contribution in [3.63, 3.8) is 0 Å². The number of benzene rings is 1. The summed E-state index contributed by atoms with van der Waals surface area (Å²) in [6.45, 7) is 5.63. The van der Waals surface area contributed by atoms with Gasteiger partial charge in [-0.15, -0.1) is 0 Å². The molecule has 1 N–H and O–H groups in total. The van der Waals surface area contributed by atoms with E-state index in [4.69, 9.17) is 0 Å². The third kappa shape index (κ3) is 3.88. The number of hydrogen-bond acceptors (Lipinski definition) is 4. The molecule has 1 saturated heterocycles. The molecule has 0 unspecified atom stereocenters. The molecule has 132 valence electrons. The Balaban J connectivity index is 1.62. The van der Waals surface area contributed by atoms with Crippen LogP contribution in [-0.4, -0.2) is 62.7 Å². The Labute approximate surface area is 146 Å². The lowest BCUT2D eigenvalue weighted by atomic mass is 10.1. The van der Waals surface area contributed by atoms with Gasteiger partial charge in [0.25, 0.3) is 5.91 Å². The van der Waals surface area contributed by atoms with Crippen molar-refractivity contribution in [3.8, 4) is 0 Å². The Morgan fingerprint density at radius 3 is 2.56 bits per heavy atom.